The maximum atomic E-state index is 4.69. The maximum absolute atomic E-state index is 4.69. The molecule has 2 aromatic heterocycles. The molecule has 5 heteroatoms. The zero-order valence-corrected chi connectivity index (χ0v) is 23.9. The van der Waals surface area contributed by atoms with Gasteiger partial charge in [-0.25, -0.2) is 4.98 Å². The van der Waals surface area contributed by atoms with Gasteiger partial charge in [-0.3, -0.25) is 4.57 Å². The molecule has 194 valence electrons. The van der Waals surface area contributed by atoms with Gasteiger partial charge in [0, 0.05) is 51.0 Å². The molecule has 4 nitrogen and oxygen atoms in total. The Labute approximate surface area is 238 Å². The van der Waals surface area contributed by atoms with Crippen molar-refractivity contribution >= 4 is 56.6 Å². The van der Waals surface area contributed by atoms with Gasteiger partial charge in [0.05, 0.1) is 11.0 Å². The molecule has 0 aliphatic carbocycles. The summed E-state index contributed by atoms with van der Waals surface area (Å²) in [6, 6.07) is 40.3. The summed E-state index contributed by atoms with van der Waals surface area (Å²) in [5.41, 5.74) is 7.05. The SMILES string of the molecule is C[N+]1=C=[N+](c2cc(Sc3ccc4c5ccccc5n(-c5ccccn5)c4c3)cc(C(C)(C)C)c2)c2ccccc21. The molecule has 0 saturated carbocycles. The van der Waals surface area contributed by atoms with E-state index in [0.717, 1.165) is 28.4 Å². The zero-order valence-electron chi connectivity index (χ0n) is 23.1. The Bertz CT molecular complexity index is 2010. The van der Waals surface area contributed by atoms with Crippen LogP contribution in [-0.2, 0) is 5.41 Å². The van der Waals surface area contributed by atoms with E-state index in [4.69, 9.17) is 4.98 Å². The van der Waals surface area contributed by atoms with Crippen LogP contribution in [0.25, 0.3) is 27.6 Å². The molecule has 4 aromatic carbocycles. The summed E-state index contributed by atoms with van der Waals surface area (Å²) in [5, 5.41) is 2.47. The first-order valence-corrected chi connectivity index (χ1v) is 14.4. The van der Waals surface area contributed by atoms with Crippen LogP contribution in [0.15, 0.2) is 119 Å². The van der Waals surface area contributed by atoms with Gasteiger partial charge in [0.2, 0.25) is 5.69 Å². The monoisotopic (exact) mass is 538 g/mol. The molecule has 0 fully saturated rings. The Kier molecular flexibility index (Phi) is 5.74. The Morgan fingerprint density at radius 2 is 1.48 bits per heavy atom. The van der Waals surface area contributed by atoms with Crippen LogP contribution in [0, 0.1) is 0 Å². The van der Waals surface area contributed by atoms with Crippen LogP contribution in [0.1, 0.15) is 26.3 Å². The highest BCUT2D eigenvalue weighted by atomic mass is 32.2. The smallest absolute Gasteiger partial charge is 0.294 e. The second-order valence-corrected chi connectivity index (χ2v) is 12.4. The van der Waals surface area contributed by atoms with Gasteiger partial charge in [-0.15, -0.1) is 0 Å². The summed E-state index contributed by atoms with van der Waals surface area (Å²) in [5.74, 6) is 0.927. The minimum absolute atomic E-state index is 0.00577. The van der Waals surface area contributed by atoms with Crippen molar-refractivity contribution in [3.63, 3.8) is 0 Å². The van der Waals surface area contributed by atoms with E-state index in [1.165, 1.54) is 31.6 Å². The molecule has 3 heterocycles. The number of hydrogen-bond donors (Lipinski definition) is 0. The predicted molar refractivity (Wildman–Crippen MR) is 167 cm³/mol. The Morgan fingerprint density at radius 1 is 0.725 bits per heavy atom. The van der Waals surface area contributed by atoms with Gasteiger partial charge in [0.25, 0.3) is 11.4 Å². The lowest BCUT2D eigenvalue weighted by molar-refractivity contribution is -0.394. The molecule has 0 radical (unpaired) electrons. The fourth-order valence-electron chi connectivity index (χ4n) is 5.48. The van der Waals surface area contributed by atoms with E-state index in [1.807, 2.05) is 18.3 Å². The van der Waals surface area contributed by atoms with Crippen molar-refractivity contribution in [2.24, 2.45) is 0 Å². The number of nitrogens with zero attached hydrogens (tertiary/aromatic N) is 4. The van der Waals surface area contributed by atoms with E-state index in [2.05, 4.69) is 139 Å². The van der Waals surface area contributed by atoms with Crippen molar-refractivity contribution in [2.75, 3.05) is 7.05 Å². The van der Waals surface area contributed by atoms with E-state index < -0.39 is 0 Å². The first-order valence-electron chi connectivity index (χ1n) is 13.5. The fourth-order valence-corrected chi connectivity index (χ4v) is 6.42. The minimum Gasteiger partial charge on any atom is -0.294 e. The number of benzene rings is 4. The van der Waals surface area contributed by atoms with E-state index >= 15 is 0 Å². The standard InChI is InChI=1S/C35H30N4S/c1-35(2,3)24-19-25(38-23-37(4)31-13-7-8-14-32(31)38)21-27(20-24)40-26-16-17-29-28-11-5-6-12-30(28)39(33(29)22-26)34-15-9-10-18-36-34/h5-22H,1-4H3/q+2. The van der Waals surface area contributed by atoms with Crippen LogP contribution < -0.4 is 4.58 Å². The number of rotatable bonds is 4. The quantitative estimate of drug-likeness (QED) is 0.209. The van der Waals surface area contributed by atoms with Crippen LogP contribution >= 0.6 is 11.8 Å². The molecular formula is C35H30N4S+2. The second-order valence-electron chi connectivity index (χ2n) is 11.3. The minimum atomic E-state index is 0.00577. The molecular weight excluding hydrogens is 508 g/mol. The third-order valence-electron chi connectivity index (χ3n) is 7.51. The van der Waals surface area contributed by atoms with Crippen molar-refractivity contribution in [2.45, 2.75) is 36.0 Å². The largest absolute Gasteiger partial charge is 0.496 e. The lowest BCUT2D eigenvalue weighted by atomic mass is 9.87. The highest BCUT2D eigenvalue weighted by Gasteiger charge is 2.33. The number of fused-ring (bicyclic) bond motifs is 4. The molecule has 0 saturated heterocycles. The van der Waals surface area contributed by atoms with Gasteiger partial charge in [-0.1, -0.05) is 79.6 Å². The number of para-hydroxylation sites is 3. The second kappa shape index (κ2) is 9.34. The van der Waals surface area contributed by atoms with Gasteiger partial charge in [-0.2, -0.15) is 0 Å². The zero-order chi connectivity index (χ0) is 27.4. The van der Waals surface area contributed by atoms with E-state index in [1.54, 1.807) is 11.8 Å². The fraction of sp³-hybridized carbons (Fsp3) is 0.143. The number of pyridine rings is 1. The topological polar surface area (TPSA) is 23.8 Å². The van der Waals surface area contributed by atoms with Crippen molar-refractivity contribution in [3.8, 4) is 5.82 Å². The van der Waals surface area contributed by atoms with E-state index in [9.17, 15) is 0 Å². The van der Waals surface area contributed by atoms with Crippen LogP contribution in [0.5, 0.6) is 0 Å². The number of aromatic nitrogens is 2. The van der Waals surface area contributed by atoms with E-state index in [-0.39, 0.29) is 5.41 Å². The highest BCUT2D eigenvalue weighted by molar-refractivity contribution is 7.99. The maximum Gasteiger partial charge on any atom is 0.496 e. The van der Waals surface area contributed by atoms with Crippen molar-refractivity contribution in [1.82, 2.24) is 14.1 Å². The van der Waals surface area contributed by atoms with Gasteiger partial charge < -0.3 is 0 Å². The van der Waals surface area contributed by atoms with Crippen molar-refractivity contribution < 1.29 is 4.58 Å². The molecule has 0 spiro atoms. The van der Waals surface area contributed by atoms with Gasteiger partial charge in [0.15, 0.2) is 7.05 Å². The van der Waals surface area contributed by atoms with Crippen LogP contribution in [0.2, 0.25) is 0 Å². The lowest BCUT2D eigenvalue weighted by Crippen LogP contribution is -2.12. The third kappa shape index (κ3) is 4.15. The third-order valence-corrected chi connectivity index (χ3v) is 8.47. The molecule has 0 unspecified atom stereocenters. The van der Waals surface area contributed by atoms with Gasteiger partial charge in [0.1, 0.15) is 5.82 Å². The van der Waals surface area contributed by atoms with E-state index in [0.29, 0.717) is 0 Å². The summed E-state index contributed by atoms with van der Waals surface area (Å²) in [6.45, 7) is 6.82. The number of hydrogen-bond acceptors (Lipinski definition) is 2. The molecule has 1 aliphatic rings. The average Bonchev–Trinajstić information content (AvgIpc) is 3.47. The molecule has 0 amide bonds. The first kappa shape index (κ1) is 24.6. The highest BCUT2D eigenvalue weighted by Crippen LogP contribution is 2.40. The van der Waals surface area contributed by atoms with Crippen molar-refractivity contribution in [3.05, 3.63) is 115 Å². The molecule has 6 aromatic rings. The molecule has 1 aliphatic heterocycles. The Balaban J connectivity index is 1.37. The summed E-state index contributed by atoms with van der Waals surface area (Å²) in [4.78, 5) is 7.09. The van der Waals surface area contributed by atoms with Crippen LogP contribution in [0.3, 0.4) is 0 Å². The summed E-state index contributed by atoms with van der Waals surface area (Å²) < 4.78 is 6.51. The Hall–Kier alpha value is -4.44. The first-order chi connectivity index (χ1) is 19.4. The molecule has 40 heavy (non-hydrogen) atoms. The summed E-state index contributed by atoms with van der Waals surface area (Å²) in [6.07, 6.45) is 1.86. The molecule has 0 N–H and O–H groups in total. The molecule has 7 rings (SSSR count). The molecule has 0 bridgehead atoms. The van der Waals surface area contributed by atoms with Crippen LogP contribution in [-0.4, -0.2) is 27.2 Å². The molecule has 0 atom stereocenters. The normalized spacial score (nSPS) is 13.0. The summed E-state index contributed by atoms with van der Waals surface area (Å²) in [7, 11) is 2.05. The predicted octanol–water partition coefficient (Wildman–Crippen LogP) is 8.92. The summed E-state index contributed by atoms with van der Waals surface area (Å²) >= 11 is 1.80. The average molecular weight is 539 g/mol. The van der Waals surface area contributed by atoms with Crippen LogP contribution in [0.4, 0.5) is 17.1 Å². The van der Waals surface area contributed by atoms with Crippen molar-refractivity contribution in [1.29, 1.82) is 0 Å². The van der Waals surface area contributed by atoms with Gasteiger partial charge >= 0.3 is 6.01 Å². The lowest BCUT2D eigenvalue weighted by Gasteiger charge is -2.20. The van der Waals surface area contributed by atoms with Gasteiger partial charge in [-0.05, 0) is 52.0 Å². The Morgan fingerprint density at radius 3 is 2.27 bits per heavy atom.